The smallest absolute Gasteiger partial charge is 0.269 e. The Balaban J connectivity index is 2.33. The van der Waals surface area contributed by atoms with Crippen LogP contribution in [0.5, 0.6) is 0 Å². The maximum atomic E-state index is 10.7. The van der Waals surface area contributed by atoms with E-state index in [0.717, 1.165) is 0 Å². The Kier molecular flexibility index (Phi) is 3.56. The first-order chi connectivity index (χ1) is 9.08. The van der Waals surface area contributed by atoms with Gasteiger partial charge in [-0.3, -0.25) is 20.2 Å². The summed E-state index contributed by atoms with van der Waals surface area (Å²) in [6.07, 6.45) is 1.69. The number of nitrogens with one attached hydrogen (secondary N) is 1. The first kappa shape index (κ1) is 12.7. The summed E-state index contributed by atoms with van der Waals surface area (Å²) in [4.78, 5) is 23.4. The quantitative estimate of drug-likeness (QED) is 0.659. The van der Waals surface area contributed by atoms with E-state index >= 15 is 0 Å². The molecule has 0 saturated heterocycles. The number of nitro groups is 2. The molecule has 0 aliphatic carbocycles. The van der Waals surface area contributed by atoms with Gasteiger partial charge in [0.15, 0.2) is 0 Å². The summed E-state index contributed by atoms with van der Waals surface area (Å²) in [6.45, 7) is -0.266. The lowest BCUT2D eigenvalue weighted by Gasteiger charge is -2.11. The lowest BCUT2D eigenvalue weighted by Crippen LogP contribution is -2.14. The van der Waals surface area contributed by atoms with Gasteiger partial charge in [0.25, 0.3) is 5.69 Å². The van der Waals surface area contributed by atoms with Crippen LogP contribution in [-0.2, 0) is 0 Å². The molecule has 0 fully saturated rings. The molecule has 19 heavy (non-hydrogen) atoms. The highest BCUT2D eigenvalue weighted by Gasteiger charge is 2.21. The molecule has 0 saturated carbocycles. The molecule has 1 aromatic carbocycles. The van der Waals surface area contributed by atoms with E-state index in [2.05, 4.69) is 4.98 Å². The summed E-state index contributed by atoms with van der Waals surface area (Å²) in [5.41, 5.74) is 1.35. The number of hydrogen-bond acceptors (Lipinski definition) is 4. The van der Waals surface area contributed by atoms with Gasteiger partial charge in [-0.05, 0) is 17.7 Å². The van der Waals surface area contributed by atoms with Gasteiger partial charge >= 0.3 is 0 Å². The number of aromatic amines is 1. The molecular formula is C12H11N3O4. The highest BCUT2D eigenvalue weighted by Crippen LogP contribution is 2.25. The largest absolute Gasteiger partial charge is 0.364 e. The lowest BCUT2D eigenvalue weighted by atomic mass is 9.96. The Hall–Kier alpha value is -2.70. The Morgan fingerprint density at radius 2 is 1.79 bits per heavy atom. The van der Waals surface area contributed by atoms with Crippen molar-refractivity contribution in [1.82, 2.24) is 4.98 Å². The van der Waals surface area contributed by atoms with Gasteiger partial charge in [-0.15, -0.1) is 0 Å². The van der Waals surface area contributed by atoms with Crippen LogP contribution < -0.4 is 0 Å². The van der Waals surface area contributed by atoms with Crippen molar-refractivity contribution in [3.05, 3.63) is 74.1 Å². The molecule has 1 unspecified atom stereocenters. The van der Waals surface area contributed by atoms with Crippen molar-refractivity contribution in [2.24, 2.45) is 0 Å². The van der Waals surface area contributed by atoms with Crippen LogP contribution in [-0.4, -0.2) is 21.4 Å². The van der Waals surface area contributed by atoms with E-state index < -0.39 is 15.8 Å². The molecule has 1 atom stereocenters. The molecule has 0 radical (unpaired) electrons. The molecule has 2 aromatic rings. The summed E-state index contributed by atoms with van der Waals surface area (Å²) in [7, 11) is 0. The van der Waals surface area contributed by atoms with Crippen LogP contribution in [0.3, 0.4) is 0 Å². The van der Waals surface area contributed by atoms with Crippen molar-refractivity contribution in [2.45, 2.75) is 5.92 Å². The molecule has 0 aliphatic rings. The normalized spacial score (nSPS) is 12.0. The maximum absolute atomic E-state index is 10.7. The van der Waals surface area contributed by atoms with Gasteiger partial charge in [0.2, 0.25) is 6.54 Å². The van der Waals surface area contributed by atoms with Crippen molar-refractivity contribution in [3.63, 3.8) is 0 Å². The van der Waals surface area contributed by atoms with Gasteiger partial charge in [0.1, 0.15) is 0 Å². The first-order valence-electron chi connectivity index (χ1n) is 5.57. The number of non-ortho nitro benzene ring substituents is 1. The molecule has 7 heteroatoms. The van der Waals surface area contributed by atoms with Crippen molar-refractivity contribution in [3.8, 4) is 0 Å². The molecule has 1 aromatic heterocycles. The molecule has 0 amide bonds. The van der Waals surface area contributed by atoms with E-state index in [4.69, 9.17) is 0 Å². The zero-order chi connectivity index (χ0) is 13.8. The second-order valence-electron chi connectivity index (χ2n) is 4.04. The van der Waals surface area contributed by atoms with Gasteiger partial charge in [0, 0.05) is 28.9 Å². The molecule has 1 heterocycles. The average Bonchev–Trinajstić information content (AvgIpc) is 2.89. The number of rotatable bonds is 5. The van der Waals surface area contributed by atoms with Crippen LogP contribution >= 0.6 is 0 Å². The molecule has 0 bridgehead atoms. The Labute approximate surface area is 108 Å². The summed E-state index contributed by atoms with van der Waals surface area (Å²) in [5, 5.41) is 21.3. The molecule has 7 nitrogen and oxygen atoms in total. The minimum Gasteiger partial charge on any atom is -0.364 e. The topological polar surface area (TPSA) is 102 Å². The second kappa shape index (κ2) is 5.30. The van der Waals surface area contributed by atoms with E-state index in [1.807, 2.05) is 0 Å². The Morgan fingerprint density at radius 3 is 2.26 bits per heavy atom. The molecular weight excluding hydrogens is 250 g/mol. The van der Waals surface area contributed by atoms with Crippen molar-refractivity contribution in [1.29, 1.82) is 0 Å². The monoisotopic (exact) mass is 261 g/mol. The van der Waals surface area contributed by atoms with Crippen LogP contribution in [0.25, 0.3) is 0 Å². The molecule has 1 N–H and O–H groups in total. The lowest BCUT2D eigenvalue weighted by molar-refractivity contribution is -0.481. The summed E-state index contributed by atoms with van der Waals surface area (Å²) < 4.78 is 0. The van der Waals surface area contributed by atoms with Crippen LogP contribution in [0.2, 0.25) is 0 Å². The minimum absolute atomic E-state index is 0.0323. The van der Waals surface area contributed by atoms with Crippen molar-refractivity contribution >= 4 is 5.69 Å². The van der Waals surface area contributed by atoms with Gasteiger partial charge < -0.3 is 4.98 Å². The second-order valence-corrected chi connectivity index (χ2v) is 4.04. The third-order valence-electron chi connectivity index (χ3n) is 2.84. The number of nitrogens with zero attached hydrogens (tertiary/aromatic N) is 2. The molecule has 98 valence electrons. The van der Waals surface area contributed by atoms with Crippen LogP contribution in [0.15, 0.2) is 42.6 Å². The third-order valence-corrected chi connectivity index (χ3v) is 2.84. The number of aromatic nitrogens is 1. The van der Waals surface area contributed by atoms with E-state index in [9.17, 15) is 20.2 Å². The standard InChI is InChI=1S/C12H11N3O4/c16-14(17)8-11(12-2-1-7-13-12)9-3-5-10(6-4-9)15(18)19/h1-7,11,13H,8H2. The fourth-order valence-electron chi connectivity index (χ4n) is 1.92. The summed E-state index contributed by atoms with van der Waals surface area (Å²) >= 11 is 0. The van der Waals surface area contributed by atoms with Crippen molar-refractivity contribution in [2.75, 3.05) is 6.54 Å². The predicted molar refractivity (Wildman–Crippen MR) is 67.6 cm³/mol. The molecule has 0 spiro atoms. The van der Waals surface area contributed by atoms with Gasteiger partial charge in [-0.2, -0.15) is 0 Å². The van der Waals surface area contributed by atoms with Gasteiger partial charge in [-0.25, -0.2) is 0 Å². The number of benzene rings is 1. The fraction of sp³-hybridized carbons (Fsp3) is 0.167. The number of nitro benzene ring substituents is 1. The number of H-pyrrole nitrogens is 1. The maximum Gasteiger partial charge on any atom is 0.269 e. The summed E-state index contributed by atoms with van der Waals surface area (Å²) in [5.74, 6) is -0.439. The SMILES string of the molecule is O=[N+]([O-])CC(c1ccc([N+](=O)[O-])cc1)c1ccc[nH]1. The molecule has 2 rings (SSSR count). The van der Waals surface area contributed by atoms with Crippen LogP contribution in [0, 0.1) is 20.2 Å². The highest BCUT2D eigenvalue weighted by molar-refractivity contribution is 5.37. The predicted octanol–water partition coefficient (Wildman–Crippen LogP) is 2.33. The van der Waals surface area contributed by atoms with E-state index in [1.165, 1.54) is 12.1 Å². The van der Waals surface area contributed by atoms with Crippen molar-refractivity contribution < 1.29 is 9.85 Å². The Bertz CT molecular complexity index is 578. The third kappa shape index (κ3) is 2.95. The van der Waals surface area contributed by atoms with Crippen LogP contribution in [0.1, 0.15) is 17.2 Å². The van der Waals surface area contributed by atoms with Gasteiger partial charge in [0.05, 0.1) is 10.8 Å². The zero-order valence-corrected chi connectivity index (χ0v) is 9.85. The first-order valence-corrected chi connectivity index (χ1v) is 5.57. The Morgan fingerprint density at radius 1 is 1.11 bits per heavy atom. The van der Waals surface area contributed by atoms with E-state index in [-0.39, 0.29) is 12.2 Å². The highest BCUT2D eigenvalue weighted by atomic mass is 16.6. The average molecular weight is 261 g/mol. The fourth-order valence-corrected chi connectivity index (χ4v) is 1.92. The van der Waals surface area contributed by atoms with Gasteiger partial charge in [-0.1, -0.05) is 12.1 Å². The van der Waals surface area contributed by atoms with E-state index in [0.29, 0.717) is 11.3 Å². The molecule has 0 aliphatic heterocycles. The van der Waals surface area contributed by atoms with Crippen LogP contribution in [0.4, 0.5) is 5.69 Å². The van der Waals surface area contributed by atoms with E-state index in [1.54, 1.807) is 30.5 Å². The zero-order valence-electron chi connectivity index (χ0n) is 9.85. The summed E-state index contributed by atoms with van der Waals surface area (Å²) in [6, 6.07) is 9.32. The number of hydrogen-bond donors (Lipinski definition) is 1. The minimum atomic E-state index is -0.499.